The third-order valence-electron chi connectivity index (χ3n) is 2.28. The van der Waals surface area contributed by atoms with E-state index in [4.69, 9.17) is 0 Å². The van der Waals surface area contributed by atoms with E-state index in [-0.39, 0.29) is 0 Å². The molecule has 106 valence electrons. The Hall–Kier alpha value is -1.46. The van der Waals surface area contributed by atoms with Gasteiger partial charge in [-0.25, -0.2) is 0 Å². The Balaban J connectivity index is 4.15. The molecule has 0 saturated carbocycles. The van der Waals surface area contributed by atoms with E-state index in [1.54, 1.807) is 37.3 Å². The molecule has 0 bridgehead atoms. The zero-order valence-corrected chi connectivity index (χ0v) is 11.0. The van der Waals surface area contributed by atoms with Crippen LogP contribution in [-0.2, 0) is 0 Å². The molecule has 0 unspecified atom stereocenters. The molecule has 0 aromatic carbocycles. The highest BCUT2D eigenvalue weighted by Crippen LogP contribution is 1.99. The standard InChI is InChI=1S/C15H22O4/c1-3-9-13(17)15(19)11-8-6-5-7-10-14(18)12(16)4-2/h3-19H,2H2,1H3/t12-,13-,14-,15-/m1/s1. The Morgan fingerprint density at radius 2 is 1.11 bits per heavy atom. The molecular weight excluding hydrogens is 244 g/mol. The average molecular weight is 266 g/mol. The van der Waals surface area contributed by atoms with Crippen LogP contribution in [0, 0.1) is 0 Å². The average Bonchev–Trinajstić information content (AvgIpc) is 2.41. The molecule has 0 aliphatic heterocycles. The molecule has 0 aliphatic carbocycles. The largest absolute Gasteiger partial charge is 0.386 e. The number of hydrogen-bond donors (Lipinski definition) is 4. The smallest absolute Gasteiger partial charge is 0.102 e. The van der Waals surface area contributed by atoms with E-state index >= 15 is 0 Å². The molecule has 0 rings (SSSR count). The number of hydrogen-bond acceptors (Lipinski definition) is 4. The van der Waals surface area contributed by atoms with Gasteiger partial charge >= 0.3 is 0 Å². The van der Waals surface area contributed by atoms with E-state index in [1.807, 2.05) is 0 Å². The highest BCUT2D eigenvalue weighted by atomic mass is 16.3. The van der Waals surface area contributed by atoms with Gasteiger partial charge < -0.3 is 20.4 Å². The van der Waals surface area contributed by atoms with Gasteiger partial charge in [0.1, 0.15) is 24.4 Å². The highest BCUT2D eigenvalue weighted by Gasteiger charge is 2.07. The lowest BCUT2D eigenvalue weighted by Crippen LogP contribution is -2.20. The zero-order valence-electron chi connectivity index (χ0n) is 11.0. The summed E-state index contributed by atoms with van der Waals surface area (Å²) in [5.41, 5.74) is 0. The second-order valence-corrected chi connectivity index (χ2v) is 3.88. The van der Waals surface area contributed by atoms with Crippen molar-refractivity contribution in [2.75, 3.05) is 0 Å². The second kappa shape index (κ2) is 10.5. The maximum atomic E-state index is 9.47. The lowest BCUT2D eigenvalue weighted by Gasteiger charge is -2.08. The Morgan fingerprint density at radius 3 is 1.53 bits per heavy atom. The van der Waals surface area contributed by atoms with Gasteiger partial charge in [-0.2, -0.15) is 0 Å². The van der Waals surface area contributed by atoms with Crippen LogP contribution in [0.4, 0.5) is 0 Å². The molecule has 0 aliphatic rings. The molecule has 4 atom stereocenters. The second-order valence-electron chi connectivity index (χ2n) is 3.88. The Morgan fingerprint density at radius 1 is 0.684 bits per heavy atom. The monoisotopic (exact) mass is 266 g/mol. The van der Waals surface area contributed by atoms with Gasteiger partial charge in [-0.15, -0.1) is 6.58 Å². The molecule has 0 fully saturated rings. The maximum Gasteiger partial charge on any atom is 0.102 e. The summed E-state index contributed by atoms with van der Waals surface area (Å²) >= 11 is 0. The van der Waals surface area contributed by atoms with Gasteiger partial charge in [-0.3, -0.25) is 0 Å². The molecule has 4 nitrogen and oxygen atoms in total. The topological polar surface area (TPSA) is 80.9 Å². The molecule has 0 aromatic heterocycles. The molecule has 0 radical (unpaired) electrons. The fraction of sp³-hybridized carbons (Fsp3) is 0.333. The highest BCUT2D eigenvalue weighted by molar-refractivity contribution is 5.15. The maximum absolute atomic E-state index is 9.47. The number of aliphatic hydroxyl groups excluding tert-OH is 4. The molecular formula is C15H22O4. The predicted octanol–water partition coefficient (Wildman–Crippen LogP) is 0.861. The van der Waals surface area contributed by atoms with Crippen LogP contribution in [0.25, 0.3) is 0 Å². The van der Waals surface area contributed by atoms with Crippen molar-refractivity contribution in [3.8, 4) is 0 Å². The van der Waals surface area contributed by atoms with Gasteiger partial charge in [0.2, 0.25) is 0 Å². The molecule has 0 saturated heterocycles. The van der Waals surface area contributed by atoms with E-state index in [2.05, 4.69) is 6.58 Å². The summed E-state index contributed by atoms with van der Waals surface area (Å²) in [4.78, 5) is 0. The van der Waals surface area contributed by atoms with Crippen molar-refractivity contribution in [3.05, 3.63) is 61.3 Å². The Labute approximate surface area is 114 Å². The minimum atomic E-state index is -0.992. The van der Waals surface area contributed by atoms with Crippen LogP contribution in [0.3, 0.4) is 0 Å². The number of rotatable bonds is 8. The summed E-state index contributed by atoms with van der Waals surface area (Å²) in [6.07, 6.45) is 9.81. The van der Waals surface area contributed by atoms with Crippen molar-refractivity contribution in [1.29, 1.82) is 0 Å². The summed E-state index contributed by atoms with van der Waals surface area (Å²) in [5.74, 6) is 0. The number of allylic oxidation sites excluding steroid dienone is 5. The molecule has 0 spiro atoms. The summed E-state index contributed by atoms with van der Waals surface area (Å²) in [5, 5.41) is 37.4. The lowest BCUT2D eigenvalue weighted by atomic mass is 10.1. The molecule has 0 aromatic rings. The zero-order chi connectivity index (χ0) is 14.7. The Bertz CT molecular complexity index is 355. The van der Waals surface area contributed by atoms with Gasteiger partial charge in [0.05, 0.1) is 0 Å². The van der Waals surface area contributed by atoms with Gasteiger partial charge in [-0.1, -0.05) is 54.7 Å². The molecule has 0 heterocycles. The number of aliphatic hydroxyl groups is 4. The fourth-order valence-electron chi connectivity index (χ4n) is 1.16. The van der Waals surface area contributed by atoms with Gasteiger partial charge in [0.25, 0.3) is 0 Å². The Kier molecular flexibility index (Phi) is 9.66. The van der Waals surface area contributed by atoms with Crippen LogP contribution < -0.4 is 0 Å². The van der Waals surface area contributed by atoms with Crippen LogP contribution in [0.2, 0.25) is 0 Å². The van der Waals surface area contributed by atoms with Crippen LogP contribution in [0.1, 0.15) is 6.92 Å². The third-order valence-corrected chi connectivity index (χ3v) is 2.28. The van der Waals surface area contributed by atoms with Crippen molar-refractivity contribution < 1.29 is 20.4 Å². The quantitative estimate of drug-likeness (QED) is 0.388. The van der Waals surface area contributed by atoms with Crippen LogP contribution >= 0.6 is 0 Å². The minimum absolute atomic E-state index is 0.922. The summed E-state index contributed by atoms with van der Waals surface area (Å²) < 4.78 is 0. The van der Waals surface area contributed by atoms with Crippen molar-refractivity contribution in [2.45, 2.75) is 31.3 Å². The minimum Gasteiger partial charge on any atom is -0.386 e. The first kappa shape index (κ1) is 17.5. The predicted molar refractivity (Wildman–Crippen MR) is 76.5 cm³/mol. The normalized spacial score (nSPS) is 19.4. The van der Waals surface area contributed by atoms with E-state index in [1.165, 1.54) is 24.3 Å². The SMILES string of the molecule is C=C[C@@H](O)[C@H](O)C=CC=CC=C[C@@H](O)[C@H](O)C=CC. The van der Waals surface area contributed by atoms with Gasteiger partial charge in [0, 0.05) is 0 Å². The molecule has 19 heavy (non-hydrogen) atoms. The molecule has 4 N–H and O–H groups in total. The van der Waals surface area contributed by atoms with E-state index in [0.717, 1.165) is 0 Å². The van der Waals surface area contributed by atoms with Gasteiger partial charge in [0.15, 0.2) is 0 Å². The third kappa shape index (κ3) is 8.29. The first-order valence-corrected chi connectivity index (χ1v) is 6.02. The fourth-order valence-corrected chi connectivity index (χ4v) is 1.16. The van der Waals surface area contributed by atoms with Gasteiger partial charge in [-0.05, 0) is 6.92 Å². The van der Waals surface area contributed by atoms with E-state index < -0.39 is 24.4 Å². The van der Waals surface area contributed by atoms with Crippen LogP contribution in [-0.4, -0.2) is 44.8 Å². The summed E-state index contributed by atoms with van der Waals surface area (Å²) in [7, 11) is 0. The molecule has 0 amide bonds. The van der Waals surface area contributed by atoms with Crippen LogP contribution in [0.15, 0.2) is 61.3 Å². The van der Waals surface area contributed by atoms with Crippen molar-refractivity contribution >= 4 is 0 Å². The summed E-state index contributed by atoms with van der Waals surface area (Å²) in [6, 6.07) is 0. The van der Waals surface area contributed by atoms with E-state index in [9.17, 15) is 20.4 Å². The van der Waals surface area contributed by atoms with Crippen LogP contribution in [0.5, 0.6) is 0 Å². The summed E-state index contributed by atoms with van der Waals surface area (Å²) in [6.45, 7) is 5.12. The lowest BCUT2D eigenvalue weighted by molar-refractivity contribution is 0.0808. The van der Waals surface area contributed by atoms with Crippen molar-refractivity contribution in [1.82, 2.24) is 0 Å². The van der Waals surface area contributed by atoms with E-state index in [0.29, 0.717) is 0 Å². The first-order valence-electron chi connectivity index (χ1n) is 6.02. The van der Waals surface area contributed by atoms with Crippen molar-refractivity contribution in [2.24, 2.45) is 0 Å². The van der Waals surface area contributed by atoms with Crippen molar-refractivity contribution in [3.63, 3.8) is 0 Å². The molecule has 4 heteroatoms. The first-order chi connectivity index (χ1) is 9.02.